The Labute approximate surface area is 171 Å². The molecule has 0 radical (unpaired) electrons. The van der Waals surface area contributed by atoms with Gasteiger partial charge in [0, 0.05) is 43.2 Å². The zero-order chi connectivity index (χ0) is 19.2. The Morgan fingerprint density at radius 3 is 2.41 bits per heavy atom. The fourth-order valence-electron chi connectivity index (χ4n) is 3.27. The molecule has 2 aromatic rings. The van der Waals surface area contributed by atoms with Crippen LogP contribution in [0.5, 0.6) is 0 Å². The van der Waals surface area contributed by atoms with Crippen molar-refractivity contribution in [2.75, 3.05) is 51.8 Å². The molecule has 1 aliphatic heterocycles. The van der Waals surface area contributed by atoms with Crippen LogP contribution < -0.4 is 0 Å². The van der Waals surface area contributed by atoms with Gasteiger partial charge in [0.1, 0.15) is 0 Å². The fourth-order valence-corrected chi connectivity index (χ4v) is 4.43. The zero-order valence-corrected chi connectivity index (χ0v) is 18.5. The quantitative estimate of drug-likeness (QED) is 0.623. The molecule has 0 aliphatic carbocycles. The van der Waals surface area contributed by atoms with Gasteiger partial charge < -0.3 is 4.90 Å². The molecule has 0 saturated carbocycles. The number of likely N-dealkylation sites (N-methyl/N-ethyl adjacent to an activating group) is 1. The number of piperazine rings is 1. The Bertz CT molecular complexity index is 708. The standard InChI is InChI=1S/C20H31N5S2/c1-5-27-16(2)19-21-20(17-6-8-18(26-4)9-7-17)25(22-19)15-14-24-12-10-23(3)11-13-24/h6-9,16H,5,10-15H2,1-4H3. The van der Waals surface area contributed by atoms with Gasteiger partial charge in [-0.1, -0.05) is 19.1 Å². The molecule has 2 heterocycles. The normalized spacial score (nSPS) is 17.3. The Morgan fingerprint density at radius 1 is 1.07 bits per heavy atom. The van der Waals surface area contributed by atoms with E-state index >= 15 is 0 Å². The molecule has 3 rings (SSSR count). The maximum absolute atomic E-state index is 4.93. The van der Waals surface area contributed by atoms with E-state index in [1.165, 1.54) is 4.90 Å². The van der Waals surface area contributed by atoms with Gasteiger partial charge in [-0.25, -0.2) is 9.67 Å². The van der Waals surface area contributed by atoms with Crippen molar-refractivity contribution >= 4 is 23.5 Å². The summed E-state index contributed by atoms with van der Waals surface area (Å²) < 4.78 is 2.12. The van der Waals surface area contributed by atoms with Gasteiger partial charge in [-0.15, -0.1) is 11.8 Å². The van der Waals surface area contributed by atoms with Crippen LogP contribution in [0, 0.1) is 0 Å². The van der Waals surface area contributed by atoms with Crippen LogP contribution in [0.3, 0.4) is 0 Å². The third kappa shape index (κ3) is 5.50. The van der Waals surface area contributed by atoms with Gasteiger partial charge in [-0.3, -0.25) is 4.90 Å². The maximum atomic E-state index is 4.93. The smallest absolute Gasteiger partial charge is 0.163 e. The number of benzene rings is 1. The average molecular weight is 406 g/mol. The molecule has 0 N–H and O–H groups in total. The maximum Gasteiger partial charge on any atom is 0.163 e. The van der Waals surface area contributed by atoms with Crippen LogP contribution in [-0.4, -0.2) is 76.3 Å². The van der Waals surface area contributed by atoms with E-state index in [-0.39, 0.29) is 0 Å². The third-order valence-corrected chi connectivity index (χ3v) is 6.83. The lowest BCUT2D eigenvalue weighted by molar-refractivity contribution is 0.149. The first kappa shape index (κ1) is 20.7. The number of thioether (sulfide) groups is 2. The summed E-state index contributed by atoms with van der Waals surface area (Å²) in [5, 5.41) is 5.21. The monoisotopic (exact) mass is 405 g/mol. The van der Waals surface area contributed by atoms with Crippen LogP contribution in [0.25, 0.3) is 11.4 Å². The Balaban J connectivity index is 1.78. The van der Waals surface area contributed by atoms with Gasteiger partial charge in [0.2, 0.25) is 0 Å². The van der Waals surface area contributed by atoms with E-state index in [0.29, 0.717) is 5.25 Å². The van der Waals surface area contributed by atoms with Gasteiger partial charge in [-0.2, -0.15) is 16.9 Å². The van der Waals surface area contributed by atoms with Crippen molar-refractivity contribution in [1.82, 2.24) is 24.6 Å². The van der Waals surface area contributed by atoms with Crippen molar-refractivity contribution in [1.29, 1.82) is 0 Å². The first-order chi connectivity index (χ1) is 13.1. The lowest BCUT2D eigenvalue weighted by atomic mass is 10.2. The van der Waals surface area contributed by atoms with E-state index in [1.54, 1.807) is 11.8 Å². The average Bonchev–Trinajstić information content (AvgIpc) is 3.12. The highest BCUT2D eigenvalue weighted by Crippen LogP contribution is 2.28. The van der Waals surface area contributed by atoms with Gasteiger partial charge in [0.15, 0.2) is 11.6 Å². The molecule has 1 saturated heterocycles. The zero-order valence-electron chi connectivity index (χ0n) is 16.9. The number of nitrogens with zero attached hydrogens (tertiary/aromatic N) is 5. The minimum absolute atomic E-state index is 0.323. The molecule has 1 unspecified atom stereocenters. The van der Waals surface area contributed by atoms with Gasteiger partial charge >= 0.3 is 0 Å². The number of aromatic nitrogens is 3. The van der Waals surface area contributed by atoms with Crippen LogP contribution in [-0.2, 0) is 6.54 Å². The highest BCUT2D eigenvalue weighted by atomic mass is 32.2. The molecule has 27 heavy (non-hydrogen) atoms. The highest BCUT2D eigenvalue weighted by Gasteiger charge is 2.19. The van der Waals surface area contributed by atoms with Crippen molar-refractivity contribution in [3.63, 3.8) is 0 Å². The van der Waals surface area contributed by atoms with Crippen molar-refractivity contribution in [3.8, 4) is 11.4 Å². The molecule has 1 aromatic carbocycles. The Kier molecular flexibility index (Phi) is 7.64. The molecule has 1 aliphatic rings. The molecule has 5 nitrogen and oxygen atoms in total. The van der Waals surface area contributed by atoms with Gasteiger partial charge in [0.25, 0.3) is 0 Å². The van der Waals surface area contributed by atoms with Crippen LogP contribution in [0.15, 0.2) is 29.2 Å². The van der Waals surface area contributed by atoms with Crippen LogP contribution >= 0.6 is 23.5 Å². The van der Waals surface area contributed by atoms with Crippen molar-refractivity contribution < 1.29 is 0 Å². The number of rotatable bonds is 8. The first-order valence-electron chi connectivity index (χ1n) is 9.72. The molecule has 0 spiro atoms. The van der Waals surface area contributed by atoms with Gasteiger partial charge in [-0.05, 0) is 38.1 Å². The van der Waals surface area contributed by atoms with Crippen molar-refractivity contribution in [2.45, 2.75) is 30.5 Å². The molecule has 1 fully saturated rings. The molecular weight excluding hydrogens is 374 g/mol. The first-order valence-corrected chi connectivity index (χ1v) is 12.0. The molecule has 1 atom stereocenters. The lowest BCUT2D eigenvalue weighted by Crippen LogP contribution is -2.45. The molecule has 0 bridgehead atoms. The lowest BCUT2D eigenvalue weighted by Gasteiger charge is -2.32. The van der Waals surface area contributed by atoms with E-state index in [4.69, 9.17) is 10.1 Å². The van der Waals surface area contributed by atoms with E-state index < -0.39 is 0 Å². The molecular formula is C20H31N5S2. The van der Waals surface area contributed by atoms with E-state index in [2.05, 4.69) is 65.9 Å². The summed E-state index contributed by atoms with van der Waals surface area (Å²) >= 11 is 3.66. The Hall–Kier alpha value is -1.02. The minimum atomic E-state index is 0.323. The van der Waals surface area contributed by atoms with Crippen molar-refractivity contribution in [2.24, 2.45) is 0 Å². The SMILES string of the molecule is CCSC(C)c1nc(-c2ccc(SC)cc2)n(CCN2CCN(C)CC2)n1. The summed E-state index contributed by atoms with van der Waals surface area (Å²) in [5.74, 6) is 3.02. The second-order valence-electron chi connectivity index (χ2n) is 6.99. The summed E-state index contributed by atoms with van der Waals surface area (Å²) in [6.07, 6.45) is 2.11. The predicted molar refractivity (Wildman–Crippen MR) is 118 cm³/mol. The molecule has 7 heteroatoms. The molecule has 1 aromatic heterocycles. The molecule has 0 amide bonds. The second-order valence-corrected chi connectivity index (χ2v) is 9.49. The van der Waals surface area contributed by atoms with Crippen LogP contribution in [0.2, 0.25) is 0 Å². The Morgan fingerprint density at radius 2 is 1.78 bits per heavy atom. The summed E-state index contributed by atoms with van der Waals surface area (Å²) in [5.41, 5.74) is 1.15. The summed E-state index contributed by atoms with van der Waals surface area (Å²) in [6, 6.07) is 8.68. The second kappa shape index (κ2) is 9.96. The summed E-state index contributed by atoms with van der Waals surface area (Å²) in [6.45, 7) is 10.9. The van der Waals surface area contributed by atoms with Crippen LogP contribution in [0.1, 0.15) is 24.9 Å². The largest absolute Gasteiger partial charge is 0.304 e. The van der Waals surface area contributed by atoms with E-state index in [1.807, 2.05) is 11.8 Å². The van der Waals surface area contributed by atoms with E-state index in [9.17, 15) is 0 Å². The number of hydrogen-bond donors (Lipinski definition) is 0. The van der Waals surface area contributed by atoms with Gasteiger partial charge in [0.05, 0.1) is 11.8 Å². The topological polar surface area (TPSA) is 37.2 Å². The highest BCUT2D eigenvalue weighted by molar-refractivity contribution is 7.99. The predicted octanol–water partition coefficient (Wildman–Crippen LogP) is 3.73. The minimum Gasteiger partial charge on any atom is -0.304 e. The molecule has 148 valence electrons. The fraction of sp³-hybridized carbons (Fsp3) is 0.600. The summed E-state index contributed by atoms with van der Waals surface area (Å²) in [4.78, 5) is 11.1. The third-order valence-electron chi connectivity index (χ3n) is 5.04. The van der Waals surface area contributed by atoms with Crippen molar-refractivity contribution in [3.05, 3.63) is 30.1 Å². The number of hydrogen-bond acceptors (Lipinski definition) is 6. The van der Waals surface area contributed by atoms with E-state index in [0.717, 1.165) is 62.2 Å². The van der Waals surface area contributed by atoms with Crippen LogP contribution in [0.4, 0.5) is 0 Å². The summed E-state index contributed by atoms with van der Waals surface area (Å²) in [7, 11) is 2.20.